The highest BCUT2D eigenvalue weighted by Gasteiger charge is 2.54. The first-order valence-corrected chi connectivity index (χ1v) is 6.11. The molecular formula is C13H21NO4. The molecule has 1 aliphatic rings. The average molecular weight is 255 g/mol. The standard InChI is InChI=1S/C13H21NO4/c1-8(2)13(5)6-9(15)14(11(13)18)12(3,4)7-10(16)17/h8H,6-7H2,1-5H3,(H,16,17). The van der Waals surface area contributed by atoms with Gasteiger partial charge in [0.1, 0.15) is 0 Å². The van der Waals surface area contributed by atoms with Gasteiger partial charge in [0.2, 0.25) is 11.8 Å². The molecule has 2 amide bonds. The predicted octanol–water partition coefficient (Wildman–Crippen LogP) is 1.66. The Morgan fingerprint density at radius 2 is 1.94 bits per heavy atom. The summed E-state index contributed by atoms with van der Waals surface area (Å²) in [6.07, 6.45) is -0.0782. The number of amides is 2. The van der Waals surface area contributed by atoms with Crippen molar-refractivity contribution < 1.29 is 19.5 Å². The lowest BCUT2D eigenvalue weighted by Gasteiger charge is -2.35. The number of imide groups is 1. The predicted molar refractivity (Wildman–Crippen MR) is 65.7 cm³/mol. The van der Waals surface area contributed by atoms with Crippen molar-refractivity contribution in [1.29, 1.82) is 0 Å². The fourth-order valence-corrected chi connectivity index (χ4v) is 2.35. The molecule has 0 aliphatic carbocycles. The Morgan fingerprint density at radius 1 is 1.44 bits per heavy atom. The van der Waals surface area contributed by atoms with E-state index in [-0.39, 0.29) is 30.6 Å². The molecule has 0 aromatic rings. The van der Waals surface area contributed by atoms with E-state index in [1.807, 2.05) is 13.8 Å². The van der Waals surface area contributed by atoms with Crippen LogP contribution in [0.3, 0.4) is 0 Å². The molecule has 1 fully saturated rings. The van der Waals surface area contributed by atoms with Crippen molar-refractivity contribution in [3.8, 4) is 0 Å². The molecule has 1 aliphatic heterocycles. The number of aliphatic carboxylic acids is 1. The fraction of sp³-hybridized carbons (Fsp3) is 0.769. The van der Waals surface area contributed by atoms with E-state index in [2.05, 4.69) is 0 Å². The Morgan fingerprint density at radius 3 is 2.28 bits per heavy atom. The van der Waals surface area contributed by atoms with E-state index >= 15 is 0 Å². The second kappa shape index (κ2) is 4.37. The van der Waals surface area contributed by atoms with Gasteiger partial charge in [0, 0.05) is 6.42 Å². The molecule has 1 N–H and O–H groups in total. The van der Waals surface area contributed by atoms with Crippen molar-refractivity contribution in [3.05, 3.63) is 0 Å². The van der Waals surface area contributed by atoms with Crippen LogP contribution in [-0.2, 0) is 14.4 Å². The van der Waals surface area contributed by atoms with E-state index in [1.165, 1.54) is 0 Å². The number of carboxylic acids is 1. The first-order chi connectivity index (χ1) is 8.02. The summed E-state index contributed by atoms with van der Waals surface area (Å²) in [5, 5.41) is 8.87. The molecule has 18 heavy (non-hydrogen) atoms. The number of carboxylic acid groups (broad SMARTS) is 1. The number of carbonyl (C=O) groups excluding carboxylic acids is 2. The van der Waals surface area contributed by atoms with E-state index in [0.717, 1.165) is 4.90 Å². The third-order valence-corrected chi connectivity index (χ3v) is 3.92. The first kappa shape index (κ1) is 14.7. The second-order valence-corrected chi connectivity index (χ2v) is 6.17. The summed E-state index contributed by atoms with van der Waals surface area (Å²) in [5.74, 6) is -1.51. The van der Waals surface area contributed by atoms with Crippen molar-refractivity contribution in [1.82, 2.24) is 4.90 Å². The minimum atomic E-state index is -1.02. The molecule has 5 nitrogen and oxygen atoms in total. The van der Waals surface area contributed by atoms with Crippen molar-refractivity contribution >= 4 is 17.8 Å². The molecule has 1 atom stereocenters. The number of carbonyl (C=O) groups is 3. The molecule has 5 heteroatoms. The summed E-state index contributed by atoms with van der Waals surface area (Å²) in [7, 11) is 0. The van der Waals surface area contributed by atoms with E-state index < -0.39 is 16.9 Å². The zero-order valence-electron chi connectivity index (χ0n) is 11.6. The molecule has 0 aromatic heterocycles. The molecule has 0 spiro atoms. The molecule has 102 valence electrons. The van der Waals surface area contributed by atoms with E-state index in [4.69, 9.17) is 5.11 Å². The molecule has 0 aromatic carbocycles. The van der Waals surface area contributed by atoms with Gasteiger partial charge in [-0.3, -0.25) is 19.3 Å². The Bertz CT molecular complexity index is 400. The lowest BCUT2D eigenvalue weighted by atomic mass is 9.77. The van der Waals surface area contributed by atoms with Gasteiger partial charge in [-0.15, -0.1) is 0 Å². The van der Waals surface area contributed by atoms with Gasteiger partial charge >= 0.3 is 5.97 Å². The summed E-state index contributed by atoms with van der Waals surface area (Å²) in [6.45, 7) is 8.80. The molecule has 1 rings (SSSR count). The van der Waals surface area contributed by atoms with Crippen LogP contribution >= 0.6 is 0 Å². The number of hydrogen-bond donors (Lipinski definition) is 1. The van der Waals surface area contributed by atoms with Crippen LogP contribution in [0.2, 0.25) is 0 Å². The van der Waals surface area contributed by atoms with Crippen LogP contribution in [0.4, 0.5) is 0 Å². The monoisotopic (exact) mass is 255 g/mol. The molecule has 1 heterocycles. The maximum absolute atomic E-state index is 12.4. The number of likely N-dealkylation sites (tertiary alicyclic amines) is 1. The minimum absolute atomic E-state index is 0.0413. The fourth-order valence-electron chi connectivity index (χ4n) is 2.35. The average Bonchev–Trinajstić information content (AvgIpc) is 2.36. The van der Waals surface area contributed by atoms with Gasteiger partial charge in [0.05, 0.1) is 17.4 Å². The van der Waals surface area contributed by atoms with Crippen LogP contribution in [0.25, 0.3) is 0 Å². The van der Waals surface area contributed by atoms with Gasteiger partial charge in [0.25, 0.3) is 0 Å². The number of hydrogen-bond acceptors (Lipinski definition) is 3. The Hall–Kier alpha value is -1.39. The summed E-state index contributed by atoms with van der Waals surface area (Å²) >= 11 is 0. The SMILES string of the molecule is CC(C)C1(C)CC(=O)N(C(C)(C)CC(=O)O)C1=O. The Kier molecular flexibility index (Phi) is 3.56. The maximum Gasteiger partial charge on any atom is 0.305 e. The smallest absolute Gasteiger partial charge is 0.305 e. The van der Waals surface area contributed by atoms with Crippen LogP contribution in [0.15, 0.2) is 0 Å². The van der Waals surface area contributed by atoms with Crippen molar-refractivity contribution in [3.63, 3.8) is 0 Å². The normalized spacial score (nSPS) is 25.1. The number of nitrogens with zero attached hydrogens (tertiary/aromatic N) is 1. The molecule has 1 saturated heterocycles. The van der Waals surface area contributed by atoms with Gasteiger partial charge in [-0.05, 0) is 26.7 Å². The van der Waals surface area contributed by atoms with E-state index in [9.17, 15) is 14.4 Å². The second-order valence-electron chi connectivity index (χ2n) is 6.17. The van der Waals surface area contributed by atoms with Gasteiger partial charge in [-0.25, -0.2) is 0 Å². The minimum Gasteiger partial charge on any atom is -0.481 e. The number of rotatable bonds is 4. The maximum atomic E-state index is 12.4. The van der Waals surface area contributed by atoms with Crippen molar-refractivity contribution in [2.24, 2.45) is 11.3 Å². The highest BCUT2D eigenvalue weighted by atomic mass is 16.4. The zero-order valence-corrected chi connectivity index (χ0v) is 11.6. The lowest BCUT2D eigenvalue weighted by Crippen LogP contribution is -2.50. The summed E-state index contributed by atoms with van der Waals surface area (Å²) in [6, 6.07) is 0. The van der Waals surface area contributed by atoms with Crippen molar-refractivity contribution in [2.45, 2.75) is 53.0 Å². The topological polar surface area (TPSA) is 74.7 Å². The lowest BCUT2D eigenvalue weighted by molar-refractivity contribution is -0.151. The van der Waals surface area contributed by atoms with Gasteiger partial charge in [-0.2, -0.15) is 0 Å². The van der Waals surface area contributed by atoms with Gasteiger partial charge < -0.3 is 5.11 Å². The molecule has 0 bridgehead atoms. The van der Waals surface area contributed by atoms with Crippen LogP contribution < -0.4 is 0 Å². The Labute approximate surface area is 107 Å². The third kappa shape index (κ3) is 2.26. The quantitative estimate of drug-likeness (QED) is 0.775. The summed E-state index contributed by atoms with van der Waals surface area (Å²) < 4.78 is 0. The highest BCUT2D eigenvalue weighted by molar-refractivity contribution is 6.06. The molecule has 0 saturated carbocycles. The van der Waals surface area contributed by atoms with Crippen LogP contribution in [0.5, 0.6) is 0 Å². The first-order valence-electron chi connectivity index (χ1n) is 6.11. The largest absolute Gasteiger partial charge is 0.481 e. The summed E-state index contributed by atoms with van der Waals surface area (Å²) in [5.41, 5.74) is -1.69. The van der Waals surface area contributed by atoms with Crippen LogP contribution in [-0.4, -0.2) is 33.3 Å². The van der Waals surface area contributed by atoms with Gasteiger partial charge in [-0.1, -0.05) is 13.8 Å². The molecular weight excluding hydrogens is 234 g/mol. The third-order valence-electron chi connectivity index (χ3n) is 3.92. The Balaban J connectivity index is 3.09. The van der Waals surface area contributed by atoms with Gasteiger partial charge in [0.15, 0.2) is 0 Å². The van der Waals surface area contributed by atoms with Crippen LogP contribution in [0, 0.1) is 11.3 Å². The zero-order chi connectivity index (χ0) is 14.3. The van der Waals surface area contributed by atoms with Crippen LogP contribution in [0.1, 0.15) is 47.5 Å². The highest BCUT2D eigenvalue weighted by Crippen LogP contribution is 2.42. The van der Waals surface area contributed by atoms with Crippen molar-refractivity contribution in [2.75, 3.05) is 0 Å². The van der Waals surface area contributed by atoms with E-state index in [0.29, 0.717) is 0 Å². The molecule has 1 unspecified atom stereocenters. The summed E-state index contributed by atoms with van der Waals surface area (Å²) in [4.78, 5) is 36.4. The molecule has 0 radical (unpaired) electrons. The van der Waals surface area contributed by atoms with E-state index in [1.54, 1.807) is 20.8 Å².